The number of hydrogen-bond donors (Lipinski definition) is 3. The zero-order valence-electron chi connectivity index (χ0n) is 25.3. The zero-order chi connectivity index (χ0) is 31.2. The summed E-state index contributed by atoms with van der Waals surface area (Å²) in [7, 11) is -3.81. The van der Waals surface area contributed by atoms with Gasteiger partial charge < -0.3 is 20.3 Å². The summed E-state index contributed by atoms with van der Waals surface area (Å²) in [5, 5.41) is 13.6. The van der Waals surface area contributed by atoms with E-state index in [0.717, 1.165) is 18.5 Å². The lowest BCUT2D eigenvalue weighted by Crippen LogP contribution is -2.60. The summed E-state index contributed by atoms with van der Waals surface area (Å²) in [4.78, 5) is 55.6. The highest BCUT2D eigenvalue weighted by atomic mass is 32.2. The summed E-state index contributed by atoms with van der Waals surface area (Å²) in [5.41, 5.74) is -1.30. The zero-order valence-corrected chi connectivity index (χ0v) is 26.1. The van der Waals surface area contributed by atoms with E-state index in [1.165, 1.54) is 4.90 Å². The molecule has 0 spiro atoms. The number of alkyl carbamates (subject to hydrolysis) is 1. The molecular formula is C28H43N7O7S. The quantitative estimate of drug-likeness (QED) is 0.420. The maximum atomic E-state index is 14.1. The average Bonchev–Trinajstić information content (AvgIpc) is 3.81. The normalized spacial score (nSPS) is 30.3. The van der Waals surface area contributed by atoms with Crippen LogP contribution in [0.5, 0.6) is 0 Å². The molecule has 2 aliphatic heterocycles. The molecule has 4 aliphatic rings. The number of nitrogens with zero attached hydrogens (tertiary/aromatic N) is 4. The summed E-state index contributed by atoms with van der Waals surface area (Å²) < 4.78 is 34.3. The standard InChI is InChI=1S/C28H43N7O7S/c1-5-17-14-28(17,25(38)32-43(40,41)20-10-11-20)30-23(36)21-13-19-16-34(21)24(37)22(27(2,3)4)29-26(39)42-12-8-6-7-9-18-15-35(19)33-31-18/h15,17,19-22H,5-14,16H2,1-4H3,(H,29,39)(H,30,36)(H,32,38)/t17-,19-,21+,22-,28-/m1/s1. The molecule has 43 heavy (non-hydrogen) atoms. The highest BCUT2D eigenvalue weighted by Crippen LogP contribution is 2.47. The summed E-state index contributed by atoms with van der Waals surface area (Å²) >= 11 is 0. The molecule has 2 aliphatic carbocycles. The number of hydrogen-bond acceptors (Lipinski definition) is 9. The smallest absolute Gasteiger partial charge is 0.407 e. The van der Waals surface area contributed by atoms with Crippen molar-refractivity contribution in [3.8, 4) is 0 Å². The van der Waals surface area contributed by atoms with Crippen LogP contribution in [0, 0.1) is 11.3 Å². The van der Waals surface area contributed by atoms with Crippen molar-refractivity contribution in [2.24, 2.45) is 11.3 Å². The molecule has 3 fully saturated rings. The summed E-state index contributed by atoms with van der Waals surface area (Å²) in [6, 6.07) is -2.37. The van der Waals surface area contributed by atoms with E-state index in [-0.39, 0.29) is 31.5 Å². The van der Waals surface area contributed by atoms with E-state index >= 15 is 0 Å². The molecule has 5 rings (SSSR count). The van der Waals surface area contributed by atoms with Crippen LogP contribution < -0.4 is 15.4 Å². The first-order chi connectivity index (χ1) is 20.2. The number of amides is 4. The summed E-state index contributed by atoms with van der Waals surface area (Å²) in [6.07, 6.45) is 6.24. The highest BCUT2D eigenvalue weighted by Gasteiger charge is 2.62. The molecule has 0 unspecified atom stereocenters. The molecule has 0 aromatic carbocycles. The monoisotopic (exact) mass is 621 g/mol. The van der Waals surface area contributed by atoms with Crippen LogP contribution >= 0.6 is 0 Å². The lowest BCUT2D eigenvalue weighted by molar-refractivity contribution is -0.142. The third kappa shape index (κ3) is 6.65. The number of sulfonamides is 1. The van der Waals surface area contributed by atoms with Gasteiger partial charge in [0.1, 0.15) is 17.6 Å². The SMILES string of the molecule is CC[C@@H]1C[C@]1(NC(=O)[C@@H]1C[C@@H]2CN1C(=O)[C@H](C(C)(C)C)NC(=O)OCCCCCc1cn2nn1)C(=O)NS(=O)(=O)C1CC1. The Bertz CT molecular complexity index is 1370. The number of cyclic esters (lactones) is 1. The van der Waals surface area contributed by atoms with Crippen molar-refractivity contribution in [1.82, 2.24) is 35.2 Å². The first kappa shape index (κ1) is 31.2. The van der Waals surface area contributed by atoms with Crippen molar-refractivity contribution in [2.45, 2.75) is 114 Å². The van der Waals surface area contributed by atoms with Crippen LogP contribution in [0.2, 0.25) is 0 Å². The fraction of sp³-hybridized carbons (Fsp3) is 0.786. The first-order valence-electron chi connectivity index (χ1n) is 15.3. The van der Waals surface area contributed by atoms with Crippen LogP contribution in [0.15, 0.2) is 6.20 Å². The molecule has 1 saturated heterocycles. The van der Waals surface area contributed by atoms with E-state index in [0.29, 0.717) is 38.5 Å². The van der Waals surface area contributed by atoms with E-state index in [1.54, 1.807) is 4.68 Å². The molecule has 14 nitrogen and oxygen atoms in total. The van der Waals surface area contributed by atoms with E-state index < -0.39 is 62.1 Å². The third-order valence-corrected chi connectivity index (χ3v) is 10.8. The van der Waals surface area contributed by atoms with Gasteiger partial charge >= 0.3 is 6.09 Å². The topological polar surface area (TPSA) is 182 Å². The van der Waals surface area contributed by atoms with Gasteiger partial charge in [0.05, 0.1) is 23.6 Å². The maximum absolute atomic E-state index is 14.1. The Morgan fingerprint density at radius 1 is 1.19 bits per heavy atom. The molecule has 1 aromatic heterocycles. The maximum Gasteiger partial charge on any atom is 0.407 e. The number of nitrogens with one attached hydrogen (secondary N) is 3. The molecule has 0 radical (unpaired) electrons. The van der Waals surface area contributed by atoms with Crippen molar-refractivity contribution < 1.29 is 32.3 Å². The van der Waals surface area contributed by atoms with Crippen molar-refractivity contribution in [1.29, 1.82) is 0 Å². The predicted molar refractivity (Wildman–Crippen MR) is 154 cm³/mol. The summed E-state index contributed by atoms with van der Waals surface area (Å²) in [6.45, 7) is 7.67. The Kier molecular flexibility index (Phi) is 8.49. The lowest BCUT2D eigenvalue weighted by Gasteiger charge is -2.35. The lowest BCUT2D eigenvalue weighted by atomic mass is 9.85. The summed E-state index contributed by atoms with van der Waals surface area (Å²) in [5.74, 6) is -2.00. The molecule has 4 bridgehead atoms. The molecule has 3 N–H and O–H groups in total. The third-order valence-electron chi connectivity index (χ3n) is 9.03. The number of fused-ring (bicyclic) bond motifs is 5. The van der Waals surface area contributed by atoms with Gasteiger partial charge in [-0.05, 0) is 56.3 Å². The van der Waals surface area contributed by atoms with E-state index in [4.69, 9.17) is 4.74 Å². The fourth-order valence-corrected chi connectivity index (χ4v) is 7.49. The van der Waals surface area contributed by atoms with Gasteiger partial charge in [-0.25, -0.2) is 17.9 Å². The van der Waals surface area contributed by atoms with Gasteiger partial charge in [-0.3, -0.25) is 19.1 Å². The molecule has 2 saturated carbocycles. The minimum atomic E-state index is -3.81. The Labute approximate surface area is 252 Å². The van der Waals surface area contributed by atoms with Crippen LogP contribution in [0.4, 0.5) is 4.79 Å². The van der Waals surface area contributed by atoms with E-state index in [2.05, 4.69) is 25.7 Å². The Hall–Kier alpha value is -3.23. The van der Waals surface area contributed by atoms with Gasteiger partial charge in [-0.2, -0.15) is 0 Å². The number of aromatic nitrogens is 3. The molecule has 238 valence electrons. The van der Waals surface area contributed by atoms with Crippen molar-refractivity contribution in [3.05, 3.63) is 11.9 Å². The molecule has 15 heteroatoms. The van der Waals surface area contributed by atoms with Crippen LogP contribution in [0.1, 0.15) is 90.8 Å². The van der Waals surface area contributed by atoms with E-state index in [9.17, 15) is 27.6 Å². The Morgan fingerprint density at radius 2 is 1.93 bits per heavy atom. The highest BCUT2D eigenvalue weighted by molar-refractivity contribution is 7.91. The number of carbonyl (C=O) groups excluding carboxylic acids is 4. The molecule has 5 atom stereocenters. The van der Waals surface area contributed by atoms with Gasteiger partial charge in [0.25, 0.3) is 5.91 Å². The van der Waals surface area contributed by atoms with Crippen LogP contribution in [-0.4, -0.2) is 88.2 Å². The molecule has 1 aromatic rings. The molecule has 3 heterocycles. The van der Waals surface area contributed by atoms with Gasteiger partial charge in [0.15, 0.2) is 0 Å². The van der Waals surface area contributed by atoms with Crippen LogP contribution in [0.25, 0.3) is 0 Å². The fourth-order valence-electron chi connectivity index (χ4n) is 6.12. The molecule has 4 amide bonds. The number of aryl methyl sites for hydroxylation is 1. The van der Waals surface area contributed by atoms with Gasteiger partial charge in [0, 0.05) is 19.2 Å². The predicted octanol–water partition coefficient (Wildman–Crippen LogP) is 1.18. The van der Waals surface area contributed by atoms with Gasteiger partial charge in [0.2, 0.25) is 21.8 Å². The average molecular weight is 622 g/mol. The second kappa shape index (κ2) is 11.7. The van der Waals surface area contributed by atoms with E-state index in [1.807, 2.05) is 33.9 Å². The van der Waals surface area contributed by atoms with Crippen LogP contribution in [-0.2, 0) is 35.6 Å². The van der Waals surface area contributed by atoms with Gasteiger partial charge in [-0.1, -0.05) is 39.3 Å². The van der Waals surface area contributed by atoms with Gasteiger partial charge in [-0.15, -0.1) is 5.10 Å². The Morgan fingerprint density at radius 3 is 2.58 bits per heavy atom. The minimum Gasteiger partial charge on any atom is -0.450 e. The second-order valence-corrected chi connectivity index (χ2v) is 15.4. The minimum absolute atomic E-state index is 0.134. The number of rotatable bonds is 6. The molecular weight excluding hydrogens is 578 g/mol. The van der Waals surface area contributed by atoms with Crippen LogP contribution in [0.3, 0.4) is 0 Å². The number of carbonyl (C=O) groups is 4. The number of ether oxygens (including phenoxy) is 1. The first-order valence-corrected chi connectivity index (χ1v) is 16.8. The largest absolute Gasteiger partial charge is 0.450 e. The second-order valence-electron chi connectivity index (χ2n) is 13.4. The Balaban J connectivity index is 1.43. The van der Waals surface area contributed by atoms with Crippen molar-refractivity contribution in [3.63, 3.8) is 0 Å². The van der Waals surface area contributed by atoms with Crippen molar-refractivity contribution in [2.75, 3.05) is 13.2 Å². The van der Waals surface area contributed by atoms with Crippen molar-refractivity contribution >= 4 is 33.8 Å².